The van der Waals surface area contributed by atoms with E-state index in [4.69, 9.17) is 4.74 Å². The summed E-state index contributed by atoms with van der Waals surface area (Å²) in [6, 6.07) is 10.3. The summed E-state index contributed by atoms with van der Waals surface area (Å²) >= 11 is 0. The summed E-state index contributed by atoms with van der Waals surface area (Å²) in [5, 5.41) is 2.51. The molecule has 2 atom stereocenters. The molecule has 1 aliphatic heterocycles. The monoisotopic (exact) mass is 412 g/mol. The van der Waals surface area contributed by atoms with Gasteiger partial charge in [-0.25, -0.2) is 9.18 Å². The second kappa shape index (κ2) is 8.44. The average Bonchev–Trinajstić information content (AvgIpc) is 2.95. The van der Waals surface area contributed by atoms with Crippen molar-refractivity contribution in [2.24, 2.45) is 5.92 Å². The molecule has 3 amide bonds. The molecule has 0 aliphatic carbocycles. The zero-order chi connectivity index (χ0) is 22.0. The van der Waals surface area contributed by atoms with Crippen LogP contribution in [0, 0.1) is 11.7 Å². The Hall–Kier alpha value is -3.55. The fourth-order valence-corrected chi connectivity index (χ4v) is 3.21. The number of nitrogens with zero attached hydrogens (tertiary/aromatic N) is 1. The number of hydrogen-bond acceptors (Lipinski definition) is 5. The third-order valence-electron chi connectivity index (χ3n) is 4.75. The second-order valence-corrected chi connectivity index (χ2v) is 7.29. The lowest BCUT2D eigenvalue weighted by Gasteiger charge is -2.28. The fraction of sp³-hybridized carbons (Fsp3) is 0.273. The molecular formula is C22H21FN2O5. The van der Waals surface area contributed by atoms with Crippen molar-refractivity contribution in [2.45, 2.75) is 32.9 Å². The molecule has 8 heteroatoms. The Bertz CT molecular complexity index is 968. The third-order valence-corrected chi connectivity index (χ3v) is 4.75. The summed E-state index contributed by atoms with van der Waals surface area (Å²) in [5.74, 6) is -3.52. The van der Waals surface area contributed by atoms with Gasteiger partial charge in [-0.3, -0.25) is 19.3 Å². The summed E-state index contributed by atoms with van der Waals surface area (Å²) in [5.41, 5.74) is 0.788. The van der Waals surface area contributed by atoms with Crippen molar-refractivity contribution in [3.63, 3.8) is 0 Å². The minimum absolute atomic E-state index is 0.225. The molecule has 1 N–H and O–H groups in total. The molecule has 1 aliphatic rings. The molecule has 0 aromatic heterocycles. The van der Waals surface area contributed by atoms with E-state index >= 15 is 0 Å². The Kier molecular flexibility index (Phi) is 5.96. The lowest BCUT2D eigenvalue weighted by molar-refractivity contribution is -0.158. The maximum Gasteiger partial charge on any atom is 0.330 e. The molecule has 156 valence electrons. The largest absolute Gasteiger partial charge is 0.451 e. The van der Waals surface area contributed by atoms with Crippen molar-refractivity contribution in [1.29, 1.82) is 0 Å². The van der Waals surface area contributed by atoms with Gasteiger partial charge in [0.05, 0.1) is 11.1 Å². The molecule has 0 radical (unpaired) electrons. The van der Waals surface area contributed by atoms with Crippen molar-refractivity contribution >= 4 is 29.4 Å². The van der Waals surface area contributed by atoms with Crippen LogP contribution in [0.1, 0.15) is 41.5 Å². The predicted molar refractivity (Wildman–Crippen MR) is 106 cm³/mol. The van der Waals surface area contributed by atoms with E-state index in [9.17, 15) is 23.6 Å². The number of carbonyl (C=O) groups is 4. The highest BCUT2D eigenvalue weighted by Gasteiger charge is 2.45. The zero-order valence-corrected chi connectivity index (χ0v) is 16.7. The van der Waals surface area contributed by atoms with Gasteiger partial charge in [0.15, 0.2) is 6.10 Å². The van der Waals surface area contributed by atoms with Gasteiger partial charge in [0.2, 0.25) is 0 Å². The third kappa shape index (κ3) is 4.07. The molecule has 0 bridgehead atoms. The van der Waals surface area contributed by atoms with Crippen molar-refractivity contribution < 1.29 is 28.3 Å². The first-order chi connectivity index (χ1) is 14.2. The van der Waals surface area contributed by atoms with Crippen LogP contribution in [0.5, 0.6) is 0 Å². The van der Waals surface area contributed by atoms with Crippen molar-refractivity contribution in [2.75, 3.05) is 5.32 Å². The molecule has 2 aromatic carbocycles. The first-order valence-electron chi connectivity index (χ1n) is 9.44. The van der Waals surface area contributed by atoms with E-state index in [0.29, 0.717) is 5.69 Å². The standard InChI is InChI=1S/C22H21FN2O5/c1-12(2)18(25-20(27)16-6-4-5-7-17(16)21(25)28)22(29)30-13(3)19(26)24-15-10-8-14(23)9-11-15/h4-13,18H,1-3H3,(H,24,26)/t13-,18-/m1/s1. The Labute approximate surface area is 172 Å². The van der Waals surface area contributed by atoms with E-state index < -0.39 is 47.6 Å². The number of nitrogens with one attached hydrogen (secondary N) is 1. The predicted octanol–water partition coefficient (Wildman–Crippen LogP) is 3.02. The van der Waals surface area contributed by atoms with E-state index in [2.05, 4.69) is 5.32 Å². The molecule has 0 spiro atoms. The minimum Gasteiger partial charge on any atom is -0.451 e. The molecule has 7 nitrogen and oxygen atoms in total. The Morgan fingerprint density at radius 3 is 1.97 bits per heavy atom. The lowest BCUT2D eigenvalue weighted by Crippen LogP contribution is -2.50. The summed E-state index contributed by atoms with van der Waals surface area (Å²) in [6.45, 7) is 4.73. The van der Waals surface area contributed by atoms with E-state index in [1.165, 1.54) is 43.3 Å². The van der Waals surface area contributed by atoms with Crippen molar-refractivity contribution in [1.82, 2.24) is 4.90 Å². The number of halogens is 1. The number of carbonyl (C=O) groups excluding carboxylic acids is 4. The maximum atomic E-state index is 13.0. The van der Waals surface area contributed by atoms with Crippen LogP contribution in [0.2, 0.25) is 0 Å². The molecule has 0 saturated heterocycles. The summed E-state index contributed by atoms with van der Waals surface area (Å²) in [7, 11) is 0. The van der Waals surface area contributed by atoms with Crippen molar-refractivity contribution in [3.05, 3.63) is 65.5 Å². The fourth-order valence-electron chi connectivity index (χ4n) is 3.21. The number of ether oxygens (including phenoxy) is 1. The first-order valence-corrected chi connectivity index (χ1v) is 9.44. The highest BCUT2D eigenvalue weighted by molar-refractivity contribution is 6.22. The molecule has 1 heterocycles. The van der Waals surface area contributed by atoms with Gasteiger partial charge in [-0.2, -0.15) is 0 Å². The summed E-state index contributed by atoms with van der Waals surface area (Å²) < 4.78 is 18.3. The molecule has 3 rings (SSSR count). The van der Waals surface area contributed by atoms with Crippen molar-refractivity contribution in [3.8, 4) is 0 Å². The normalized spacial score (nSPS) is 15.0. The number of fused-ring (bicyclic) bond motifs is 1. The Balaban J connectivity index is 1.73. The van der Waals surface area contributed by atoms with Gasteiger partial charge in [0.25, 0.3) is 17.7 Å². The van der Waals surface area contributed by atoms with Crippen LogP contribution in [-0.4, -0.2) is 40.7 Å². The minimum atomic E-state index is -1.20. The first kappa shape index (κ1) is 21.2. The molecule has 30 heavy (non-hydrogen) atoms. The van der Waals surface area contributed by atoms with Gasteiger partial charge in [0.1, 0.15) is 11.9 Å². The van der Waals surface area contributed by atoms with E-state index in [1.54, 1.807) is 26.0 Å². The van der Waals surface area contributed by atoms with Crippen LogP contribution < -0.4 is 5.32 Å². The number of hydrogen-bond donors (Lipinski definition) is 1. The van der Waals surface area contributed by atoms with E-state index in [1.807, 2.05) is 0 Å². The number of esters is 1. The van der Waals surface area contributed by atoms with Gasteiger partial charge in [-0.15, -0.1) is 0 Å². The lowest BCUT2D eigenvalue weighted by atomic mass is 10.0. The molecule has 2 aromatic rings. The second-order valence-electron chi connectivity index (χ2n) is 7.29. The highest BCUT2D eigenvalue weighted by Crippen LogP contribution is 2.28. The molecule has 0 saturated carbocycles. The number of benzene rings is 2. The number of amides is 3. The number of rotatable bonds is 6. The Morgan fingerprint density at radius 1 is 0.933 bits per heavy atom. The Morgan fingerprint density at radius 2 is 1.47 bits per heavy atom. The highest BCUT2D eigenvalue weighted by atomic mass is 19.1. The molecule has 0 unspecified atom stereocenters. The van der Waals surface area contributed by atoms with Gasteiger partial charge in [0, 0.05) is 5.69 Å². The van der Waals surface area contributed by atoms with Crippen LogP contribution in [0.15, 0.2) is 48.5 Å². The number of imide groups is 1. The smallest absolute Gasteiger partial charge is 0.330 e. The van der Waals surface area contributed by atoms with Gasteiger partial charge in [-0.1, -0.05) is 26.0 Å². The molecular weight excluding hydrogens is 391 g/mol. The quantitative estimate of drug-likeness (QED) is 0.582. The van der Waals surface area contributed by atoms with Crippen LogP contribution in [0.25, 0.3) is 0 Å². The maximum absolute atomic E-state index is 13.0. The summed E-state index contributed by atoms with van der Waals surface area (Å²) in [4.78, 5) is 51.5. The SMILES string of the molecule is CC(C)[C@H](C(=O)O[C@H](C)C(=O)Nc1ccc(F)cc1)N1C(=O)c2ccccc2C1=O. The topological polar surface area (TPSA) is 92.8 Å². The van der Waals surface area contributed by atoms with Gasteiger partial charge < -0.3 is 10.1 Å². The average molecular weight is 412 g/mol. The van der Waals surface area contributed by atoms with E-state index in [0.717, 1.165) is 4.90 Å². The van der Waals surface area contributed by atoms with E-state index in [-0.39, 0.29) is 11.1 Å². The van der Waals surface area contributed by atoms with Crippen LogP contribution >= 0.6 is 0 Å². The zero-order valence-electron chi connectivity index (χ0n) is 16.7. The molecule has 0 fully saturated rings. The number of anilines is 1. The van der Waals surface area contributed by atoms with Crippen LogP contribution in [0.3, 0.4) is 0 Å². The van der Waals surface area contributed by atoms with Crippen LogP contribution in [-0.2, 0) is 14.3 Å². The summed E-state index contributed by atoms with van der Waals surface area (Å²) in [6.07, 6.45) is -1.20. The van der Waals surface area contributed by atoms with Gasteiger partial charge in [-0.05, 0) is 49.2 Å². The van der Waals surface area contributed by atoms with Crippen LogP contribution in [0.4, 0.5) is 10.1 Å². The van der Waals surface area contributed by atoms with Gasteiger partial charge >= 0.3 is 5.97 Å².